The second-order valence-corrected chi connectivity index (χ2v) is 6.55. The van der Waals surface area contributed by atoms with Crippen molar-refractivity contribution in [3.05, 3.63) is 58.1 Å². The number of halogens is 1. The summed E-state index contributed by atoms with van der Waals surface area (Å²) < 4.78 is 0. The zero-order valence-corrected chi connectivity index (χ0v) is 15.5. The largest absolute Gasteiger partial charge is 0.318 e. The summed E-state index contributed by atoms with van der Waals surface area (Å²) in [4.78, 5) is 24.2. The Bertz CT molecular complexity index is 747. The minimum Gasteiger partial charge on any atom is -0.318 e. The Morgan fingerprint density at radius 2 is 1.64 bits per heavy atom. The molecule has 2 rings (SSSR count). The fraction of sp³-hybridized carbons (Fsp3) is 0.300. The standard InChI is InChI=1S/C20H23ClN2O2/c1-4-5-6-15-7-9-16(10-8-15)22-19(24)20(25)23-18-14(3)11-13(2)12-17(18)21/h7-12H,4-6H2,1-3H3,(H,22,24)(H,23,25). The summed E-state index contributed by atoms with van der Waals surface area (Å²) in [6.45, 7) is 5.90. The third-order valence-corrected chi connectivity index (χ3v) is 4.21. The van der Waals surface area contributed by atoms with Crippen LogP contribution in [0.25, 0.3) is 0 Å². The van der Waals surface area contributed by atoms with Gasteiger partial charge in [0.05, 0.1) is 10.7 Å². The molecule has 0 spiro atoms. The number of aryl methyl sites for hydroxylation is 3. The molecule has 0 radical (unpaired) electrons. The quantitative estimate of drug-likeness (QED) is 0.748. The van der Waals surface area contributed by atoms with E-state index in [4.69, 9.17) is 11.6 Å². The molecule has 0 fully saturated rings. The van der Waals surface area contributed by atoms with Gasteiger partial charge < -0.3 is 10.6 Å². The molecular weight excluding hydrogens is 336 g/mol. The molecule has 0 atom stereocenters. The highest BCUT2D eigenvalue weighted by molar-refractivity contribution is 6.45. The summed E-state index contributed by atoms with van der Waals surface area (Å²) in [6, 6.07) is 11.2. The first-order valence-corrected chi connectivity index (χ1v) is 8.76. The maximum Gasteiger partial charge on any atom is 0.314 e. The van der Waals surface area contributed by atoms with Crippen molar-refractivity contribution in [1.29, 1.82) is 0 Å². The van der Waals surface area contributed by atoms with Gasteiger partial charge >= 0.3 is 11.8 Å². The van der Waals surface area contributed by atoms with Crippen LogP contribution in [-0.2, 0) is 16.0 Å². The molecule has 0 saturated heterocycles. The lowest BCUT2D eigenvalue weighted by Gasteiger charge is -2.12. The van der Waals surface area contributed by atoms with Gasteiger partial charge in [-0.25, -0.2) is 0 Å². The first kappa shape index (κ1) is 19.0. The lowest BCUT2D eigenvalue weighted by atomic mass is 10.1. The van der Waals surface area contributed by atoms with Crippen LogP contribution < -0.4 is 10.6 Å². The number of nitrogens with one attached hydrogen (secondary N) is 2. The fourth-order valence-corrected chi connectivity index (χ4v) is 2.94. The fourth-order valence-electron chi connectivity index (χ4n) is 2.57. The van der Waals surface area contributed by atoms with Gasteiger partial charge in [-0.1, -0.05) is 43.1 Å². The third-order valence-electron chi connectivity index (χ3n) is 3.91. The molecular formula is C20H23ClN2O2. The van der Waals surface area contributed by atoms with Crippen LogP contribution in [0.1, 0.15) is 36.5 Å². The van der Waals surface area contributed by atoms with E-state index in [1.807, 2.05) is 32.0 Å². The van der Waals surface area contributed by atoms with Gasteiger partial charge in [0.15, 0.2) is 0 Å². The van der Waals surface area contributed by atoms with Crippen molar-refractivity contribution < 1.29 is 9.59 Å². The monoisotopic (exact) mass is 358 g/mol. The molecule has 0 aliphatic carbocycles. The van der Waals surface area contributed by atoms with Crippen LogP contribution in [0.3, 0.4) is 0 Å². The summed E-state index contributed by atoms with van der Waals surface area (Å²) >= 11 is 6.16. The van der Waals surface area contributed by atoms with Gasteiger partial charge in [-0.05, 0) is 61.6 Å². The number of hydrogen-bond donors (Lipinski definition) is 2. The minimum absolute atomic E-state index is 0.416. The summed E-state index contributed by atoms with van der Waals surface area (Å²) in [7, 11) is 0. The molecule has 0 unspecified atom stereocenters. The van der Waals surface area contributed by atoms with Gasteiger partial charge in [-0.15, -0.1) is 0 Å². The average Bonchev–Trinajstić information content (AvgIpc) is 2.57. The van der Waals surface area contributed by atoms with Crippen LogP contribution >= 0.6 is 11.6 Å². The lowest BCUT2D eigenvalue weighted by Crippen LogP contribution is -2.29. The zero-order valence-electron chi connectivity index (χ0n) is 14.8. The average molecular weight is 359 g/mol. The second-order valence-electron chi connectivity index (χ2n) is 6.15. The van der Waals surface area contributed by atoms with Gasteiger partial charge in [0, 0.05) is 5.69 Å². The molecule has 5 heteroatoms. The molecule has 0 heterocycles. The summed E-state index contributed by atoms with van der Waals surface area (Å²) in [6.07, 6.45) is 3.28. The van der Waals surface area contributed by atoms with E-state index in [2.05, 4.69) is 17.6 Å². The van der Waals surface area contributed by atoms with Crippen LogP contribution in [0.15, 0.2) is 36.4 Å². The van der Waals surface area contributed by atoms with Crippen molar-refractivity contribution in [3.63, 3.8) is 0 Å². The normalized spacial score (nSPS) is 10.4. The van der Waals surface area contributed by atoms with Gasteiger partial charge in [0.25, 0.3) is 0 Å². The van der Waals surface area contributed by atoms with Crippen LogP contribution in [0.5, 0.6) is 0 Å². The van der Waals surface area contributed by atoms with E-state index < -0.39 is 11.8 Å². The molecule has 4 nitrogen and oxygen atoms in total. The number of amides is 2. The molecule has 2 N–H and O–H groups in total. The number of carbonyl (C=O) groups excluding carboxylic acids is 2. The van der Waals surface area contributed by atoms with Gasteiger partial charge in [-0.2, -0.15) is 0 Å². The molecule has 0 bridgehead atoms. The van der Waals surface area contributed by atoms with E-state index in [0.29, 0.717) is 16.4 Å². The predicted octanol–water partition coefficient (Wildman–Crippen LogP) is 4.88. The lowest BCUT2D eigenvalue weighted by molar-refractivity contribution is -0.133. The Kier molecular flexibility index (Phi) is 6.59. The molecule has 25 heavy (non-hydrogen) atoms. The van der Waals surface area contributed by atoms with E-state index in [1.54, 1.807) is 18.2 Å². The molecule has 132 valence electrons. The van der Waals surface area contributed by atoms with E-state index in [1.165, 1.54) is 5.56 Å². The number of unbranched alkanes of at least 4 members (excludes halogenated alkanes) is 1. The molecule has 2 aromatic rings. The van der Waals surface area contributed by atoms with Gasteiger partial charge in [0.2, 0.25) is 0 Å². The number of anilines is 2. The Labute approximate surface area is 153 Å². The van der Waals surface area contributed by atoms with Crippen LogP contribution in [0, 0.1) is 13.8 Å². The summed E-state index contributed by atoms with van der Waals surface area (Å²) in [5.41, 5.74) is 4.07. The maximum atomic E-state index is 12.1. The third kappa shape index (κ3) is 5.33. The Morgan fingerprint density at radius 3 is 2.24 bits per heavy atom. The van der Waals surface area contributed by atoms with E-state index in [0.717, 1.165) is 30.4 Å². The van der Waals surface area contributed by atoms with Crippen LogP contribution in [-0.4, -0.2) is 11.8 Å². The zero-order chi connectivity index (χ0) is 18.4. The van der Waals surface area contributed by atoms with E-state index in [-0.39, 0.29) is 0 Å². The van der Waals surface area contributed by atoms with Gasteiger partial charge in [0.1, 0.15) is 0 Å². The molecule has 2 amide bonds. The van der Waals surface area contributed by atoms with Crippen molar-refractivity contribution in [2.45, 2.75) is 40.0 Å². The number of benzene rings is 2. The number of hydrogen-bond acceptors (Lipinski definition) is 2. The minimum atomic E-state index is -0.746. The Morgan fingerprint density at radius 1 is 1.00 bits per heavy atom. The van der Waals surface area contributed by atoms with E-state index in [9.17, 15) is 9.59 Å². The van der Waals surface area contributed by atoms with Crippen molar-refractivity contribution in [2.24, 2.45) is 0 Å². The summed E-state index contributed by atoms with van der Waals surface area (Å²) in [5, 5.41) is 5.60. The SMILES string of the molecule is CCCCc1ccc(NC(=O)C(=O)Nc2c(C)cc(C)cc2Cl)cc1. The van der Waals surface area contributed by atoms with Crippen LogP contribution in [0.2, 0.25) is 5.02 Å². The highest BCUT2D eigenvalue weighted by Crippen LogP contribution is 2.27. The van der Waals surface area contributed by atoms with Crippen molar-refractivity contribution >= 4 is 34.8 Å². The highest BCUT2D eigenvalue weighted by atomic mass is 35.5. The van der Waals surface area contributed by atoms with Crippen molar-refractivity contribution in [3.8, 4) is 0 Å². The molecule has 2 aromatic carbocycles. The second kappa shape index (κ2) is 8.67. The Hall–Kier alpha value is -2.33. The number of rotatable bonds is 5. The van der Waals surface area contributed by atoms with Crippen molar-refractivity contribution in [2.75, 3.05) is 10.6 Å². The number of carbonyl (C=O) groups is 2. The predicted molar refractivity (Wildman–Crippen MR) is 103 cm³/mol. The molecule has 0 aromatic heterocycles. The topological polar surface area (TPSA) is 58.2 Å². The molecule has 0 aliphatic heterocycles. The van der Waals surface area contributed by atoms with E-state index >= 15 is 0 Å². The highest BCUT2D eigenvalue weighted by Gasteiger charge is 2.17. The van der Waals surface area contributed by atoms with Gasteiger partial charge in [-0.3, -0.25) is 9.59 Å². The Balaban J connectivity index is 2.00. The smallest absolute Gasteiger partial charge is 0.314 e. The van der Waals surface area contributed by atoms with Crippen LogP contribution in [0.4, 0.5) is 11.4 Å². The first-order valence-electron chi connectivity index (χ1n) is 8.38. The molecule has 0 saturated carbocycles. The molecule has 0 aliphatic rings. The van der Waals surface area contributed by atoms with Crippen molar-refractivity contribution in [1.82, 2.24) is 0 Å². The summed E-state index contributed by atoms with van der Waals surface area (Å²) in [5.74, 6) is -1.47. The maximum absolute atomic E-state index is 12.1. The first-order chi connectivity index (χ1) is 11.9.